The third kappa shape index (κ3) is 5.05. The van der Waals surface area contributed by atoms with Crippen molar-refractivity contribution in [3.8, 4) is 11.5 Å². The molecule has 1 aliphatic heterocycles. The van der Waals surface area contributed by atoms with Gasteiger partial charge in [0.25, 0.3) is 0 Å². The van der Waals surface area contributed by atoms with E-state index < -0.39 is 0 Å². The Hall–Kier alpha value is -2.44. The lowest BCUT2D eigenvalue weighted by Gasteiger charge is -2.13. The topological polar surface area (TPSA) is 75.2 Å². The predicted molar refractivity (Wildman–Crippen MR) is 88.7 cm³/mol. The Kier molecular flexibility index (Phi) is 6.08. The standard InChI is InChI=1S/C16H24N4O3/c1-4-17-16(18-8-7-15(21)20(2)3)19-10-12-5-6-13-14(9-12)23-11-22-13/h5-6,9H,4,7-8,10-11H2,1-3H3,(H2,17,18,19). The monoisotopic (exact) mass is 320 g/mol. The van der Waals surface area contributed by atoms with Crippen LogP contribution in [0.25, 0.3) is 0 Å². The van der Waals surface area contributed by atoms with Gasteiger partial charge in [0, 0.05) is 33.6 Å². The van der Waals surface area contributed by atoms with Crippen molar-refractivity contribution < 1.29 is 14.3 Å². The van der Waals surface area contributed by atoms with Crippen LogP contribution in [0.2, 0.25) is 0 Å². The van der Waals surface area contributed by atoms with E-state index in [2.05, 4.69) is 15.6 Å². The number of nitrogens with zero attached hydrogens (tertiary/aromatic N) is 2. The second kappa shape index (κ2) is 8.26. The highest BCUT2D eigenvalue weighted by atomic mass is 16.7. The van der Waals surface area contributed by atoms with Crippen LogP contribution < -0.4 is 20.1 Å². The number of benzene rings is 1. The molecule has 0 spiro atoms. The van der Waals surface area contributed by atoms with Gasteiger partial charge in [-0.05, 0) is 24.6 Å². The highest BCUT2D eigenvalue weighted by Gasteiger charge is 2.13. The number of hydrogen-bond donors (Lipinski definition) is 2. The summed E-state index contributed by atoms with van der Waals surface area (Å²) in [4.78, 5) is 17.7. The van der Waals surface area contributed by atoms with E-state index in [1.54, 1.807) is 19.0 Å². The average molecular weight is 320 g/mol. The van der Waals surface area contributed by atoms with Gasteiger partial charge < -0.3 is 25.0 Å². The maximum atomic E-state index is 11.6. The highest BCUT2D eigenvalue weighted by Crippen LogP contribution is 2.32. The number of nitrogens with one attached hydrogen (secondary N) is 2. The summed E-state index contributed by atoms with van der Waals surface area (Å²) in [7, 11) is 3.50. The summed E-state index contributed by atoms with van der Waals surface area (Å²) in [6, 6.07) is 5.80. The molecule has 0 unspecified atom stereocenters. The molecule has 0 saturated heterocycles. The number of rotatable bonds is 6. The lowest BCUT2D eigenvalue weighted by molar-refractivity contribution is -0.128. The lowest BCUT2D eigenvalue weighted by atomic mass is 10.2. The first-order chi connectivity index (χ1) is 11.1. The third-order valence-corrected chi connectivity index (χ3v) is 3.33. The van der Waals surface area contributed by atoms with Crippen LogP contribution in [-0.2, 0) is 11.3 Å². The number of carbonyl (C=O) groups is 1. The highest BCUT2D eigenvalue weighted by molar-refractivity contribution is 5.81. The lowest BCUT2D eigenvalue weighted by Crippen LogP contribution is -2.39. The maximum Gasteiger partial charge on any atom is 0.231 e. The minimum absolute atomic E-state index is 0.0871. The molecule has 23 heavy (non-hydrogen) atoms. The molecule has 7 nitrogen and oxygen atoms in total. The molecule has 1 aromatic rings. The summed E-state index contributed by atoms with van der Waals surface area (Å²) < 4.78 is 10.7. The second-order valence-electron chi connectivity index (χ2n) is 5.35. The summed E-state index contributed by atoms with van der Waals surface area (Å²) in [6.07, 6.45) is 0.432. The average Bonchev–Trinajstić information content (AvgIpc) is 2.99. The van der Waals surface area contributed by atoms with E-state index in [-0.39, 0.29) is 12.7 Å². The first-order valence-corrected chi connectivity index (χ1v) is 7.71. The molecule has 1 aromatic carbocycles. The molecule has 0 fully saturated rings. The molecule has 1 heterocycles. The molecule has 2 N–H and O–H groups in total. The van der Waals surface area contributed by atoms with Gasteiger partial charge in [-0.3, -0.25) is 4.79 Å². The van der Waals surface area contributed by atoms with Gasteiger partial charge in [0.1, 0.15) is 0 Å². The number of aliphatic imine (C=N–C) groups is 1. The summed E-state index contributed by atoms with van der Waals surface area (Å²) in [5.74, 6) is 2.30. The van der Waals surface area contributed by atoms with E-state index in [4.69, 9.17) is 9.47 Å². The van der Waals surface area contributed by atoms with Crippen molar-refractivity contribution >= 4 is 11.9 Å². The van der Waals surface area contributed by atoms with Crippen LogP contribution in [0.5, 0.6) is 11.5 Å². The third-order valence-electron chi connectivity index (χ3n) is 3.33. The first kappa shape index (κ1) is 16.9. The molecule has 0 aromatic heterocycles. The molecule has 0 aliphatic carbocycles. The fourth-order valence-corrected chi connectivity index (χ4v) is 2.06. The Balaban J connectivity index is 1.89. The van der Waals surface area contributed by atoms with Crippen molar-refractivity contribution in [3.05, 3.63) is 23.8 Å². The molecule has 0 radical (unpaired) electrons. The van der Waals surface area contributed by atoms with Crippen molar-refractivity contribution in [2.24, 2.45) is 4.99 Å². The van der Waals surface area contributed by atoms with Gasteiger partial charge in [0.15, 0.2) is 17.5 Å². The maximum absolute atomic E-state index is 11.6. The summed E-state index contributed by atoms with van der Waals surface area (Å²) in [6.45, 7) is 4.10. The fourth-order valence-electron chi connectivity index (χ4n) is 2.06. The van der Waals surface area contributed by atoms with Crippen LogP contribution >= 0.6 is 0 Å². The molecular weight excluding hydrogens is 296 g/mol. The summed E-state index contributed by atoms with van der Waals surface area (Å²) >= 11 is 0. The van der Waals surface area contributed by atoms with Gasteiger partial charge >= 0.3 is 0 Å². The molecule has 0 saturated carbocycles. The van der Waals surface area contributed by atoms with Crippen LogP contribution in [0.4, 0.5) is 0 Å². The van der Waals surface area contributed by atoms with Crippen LogP contribution in [-0.4, -0.2) is 50.7 Å². The number of ether oxygens (including phenoxy) is 2. The molecular formula is C16H24N4O3. The molecule has 126 valence electrons. The number of guanidine groups is 1. The normalized spacial score (nSPS) is 12.9. The Bertz CT molecular complexity index is 572. The number of amides is 1. The Morgan fingerprint density at radius 3 is 2.78 bits per heavy atom. The fraction of sp³-hybridized carbons (Fsp3) is 0.500. The summed E-state index contributed by atoms with van der Waals surface area (Å²) in [5, 5.41) is 6.33. The van der Waals surface area contributed by atoms with Gasteiger partial charge in [-0.2, -0.15) is 0 Å². The van der Waals surface area contributed by atoms with Gasteiger partial charge in [-0.1, -0.05) is 6.07 Å². The first-order valence-electron chi connectivity index (χ1n) is 7.71. The number of carbonyl (C=O) groups excluding carboxylic acids is 1. The van der Waals surface area contributed by atoms with Gasteiger partial charge in [-0.15, -0.1) is 0 Å². The minimum Gasteiger partial charge on any atom is -0.454 e. The van der Waals surface area contributed by atoms with Crippen LogP contribution in [0.3, 0.4) is 0 Å². The SMILES string of the molecule is CCNC(=NCc1ccc2c(c1)OCO2)NCCC(=O)N(C)C. The van der Waals surface area contributed by atoms with E-state index in [0.29, 0.717) is 25.5 Å². The molecule has 7 heteroatoms. The zero-order chi connectivity index (χ0) is 16.7. The number of hydrogen-bond acceptors (Lipinski definition) is 4. The van der Waals surface area contributed by atoms with E-state index in [1.165, 1.54) is 0 Å². The Morgan fingerprint density at radius 1 is 1.26 bits per heavy atom. The van der Waals surface area contributed by atoms with Crippen molar-refractivity contribution in [1.82, 2.24) is 15.5 Å². The van der Waals surface area contributed by atoms with Crippen LogP contribution in [0, 0.1) is 0 Å². The van der Waals surface area contributed by atoms with Crippen molar-refractivity contribution in [1.29, 1.82) is 0 Å². The smallest absolute Gasteiger partial charge is 0.231 e. The van der Waals surface area contributed by atoms with E-state index in [0.717, 1.165) is 23.6 Å². The van der Waals surface area contributed by atoms with E-state index in [1.807, 2.05) is 25.1 Å². The Labute approximate surface area is 136 Å². The summed E-state index contributed by atoms with van der Waals surface area (Å²) in [5.41, 5.74) is 1.04. The zero-order valence-corrected chi connectivity index (χ0v) is 13.9. The molecule has 1 amide bonds. The van der Waals surface area contributed by atoms with Gasteiger partial charge in [-0.25, -0.2) is 4.99 Å². The molecule has 2 rings (SSSR count). The van der Waals surface area contributed by atoms with Crippen molar-refractivity contribution in [2.75, 3.05) is 34.0 Å². The van der Waals surface area contributed by atoms with Gasteiger partial charge in [0.05, 0.1) is 6.54 Å². The quantitative estimate of drug-likeness (QED) is 0.603. The minimum atomic E-state index is 0.0871. The molecule has 0 atom stereocenters. The van der Waals surface area contributed by atoms with Crippen molar-refractivity contribution in [3.63, 3.8) is 0 Å². The van der Waals surface area contributed by atoms with Crippen LogP contribution in [0.15, 0.2) is 23.2 Å². The molecule has 1 aliphatic rings. The van der Waals surface area contributed by atoms with Gasteiger partial charge in [0.2, 0.25) is 12.7 Å². The molecule has 0 bridgehead atoms. The van der Waals surface area contributed by atoms with E-state index in [9.17, 15) is 4.79 Å². The Morgan fingerprint density at radius 2 is 2.04 bits per heavy atom. The van der Waals surface area contributed by atoms with Crippen molar-refractivity contribution in [2.45, 2.75) is 19.9 Å². The predicted octanol–water partition coefficient (Wildman–Crippen LogP) is 0.949. The number of fused-ring (bicyclic) bond motifs is 1. The largest absolute Gasteiger partial charge is 0.454 e. The van der Waals surface area contributed by atoms with Crippen LogP contribution in [0.1, 0.15) is 18.9 Å². The van der Waals surface area contributed by atoms with E-state index >= 15 is 0 Å². The second-order valence-corrected chi connectivity index (χ2v) is 5.35. The zero-order valence-electron chi connectivity index (χ0n) is 13.9.